The van der Waals surface area contributed by atoms with Crippen LogP contribution in [0.4, 0.5) is 11.4 Å². The Balaban J connectivity index is 1.54. The highest BCUT2D eigenvalue weighted by atomic mass is 32.2. The normalized spacial score (nSPS) is 18.3. The lowest BCUT2D eigenvalue weighted by molar-refractivity contribution is -0.134. The lowest BCUT2D eigenvalue weighted by atomic mass is 10.1. The fraction of sp³-hybridized carbons (Fsp3) is 0.348. The van der Waals surface area contributed by atoms with Crippen LogP contribution in [0.25, 0.3) is 0 Å². The number of nitrogens with zero attached hydrogens (tertiary/aromatic N) is 2. The van der Waals surface area contributed by atoms with Gasteiger partial charge in [-0.2, -0.15) is 0 Å². The Morgan fingerprint density at radius 1 is 1.10 bits per heavy atom. The van der Waals surface area contributed by atoms with Crippen molar-refractivity contribution in [3.8, 4) is 0 Å². The predicted molar refractivity (Wildman–Crippen MR) is 119 cm³/mol. The summed E-state index contributed by atoms with van der Waals surface area (Å²) in [4.78, 5) is 43.0. The molecule has 0 bridgehead atoms. The van der Waals surface area contributed by atoms with Crippen molar-refractivity contribution in [1.82, 2.24) is 4.90 Å². The summed E-state index contributed by atoms with van der Waals surface area (Å²) >= 11 is 1.29. The van der Waals surface area contributed by atoms with Crippen LogP contribution in [0.15, 0.2) is 53.4 Å². The minimum atomic E-state index is -0.839. The van der Waals surface area contributed by atoms with Crippen LogP contribution in [0.5, 0.6) is 0 Å². The molecule has 4 rings (SSSR count). The summed E-state index contributed by atoms with van der Waals surface area (Å²) in [5.41, 5.74) is 2.51. The van der Waals surface area contributed by atoms with Gasteiger partial charge in [0.05, 0.1) is 5.69 Å². The van der Waals surface area contributed by atoms with Crippen molar-refractivity contribution in [1.29, 1.82) is 0 Å². The van der Waals surface area contributed by atoms with Crippen LogP contribution in [-0.2, 0) is 20.8 Å². The first-order valence-corrected chi connectivity index (χ1v) is 11.2. The summed E-state index contributed by atoms with van der Waals surface area (Å²) in [5, 5.41) is 2.04. The Morgan fingerprint density at radius 2 is 1.87 bits per heavy atom. The van der Waals surface area contributed by atoms with E-state index in [4.69, 9.17) is 0 Å². The molecule has 2 aromatic rings. The number of hydrogen-bond donors (Lipinski definition) is 1. The molecule has 0 spiro atoms. The smallest absolute Gasteiger partial charge is 0.250 e. The molecule has 2 aromatic carbocycles. The van der Waals surface area contributed by atoms with Gasteiger partial charge in [-0.3, -0.25) is 14.4 Å². The molecule has 0 unspecified atom stereocenters. The molecule has 30 heavy (non-hydrogen) atoms. The number of benzene rings is 2. The molecule has 2 aliphatic heterocycles. The molecule has 156 valence electrons. The maximum absolute atomic E-state index is 13.3. The second-order valence-corrected chi connectivity index (χ2v) is 8.67. The second-order valence-electron chi connectivity index (χ2n) is 7.52. The van der Waals surface area contributed by atoms with Gasteiger partial charge in [0.1, 0.15) is 6.54 Å². The lowest BCUT2D eigenvalue weighted by Gasteiger charge is -2.34. The average molecular weight is 424 g/mol. The third-order valence-electron chi connectivity index (χ3n) is 5.45. The molecule has 1 fully saturated rings. The van der Waals surface area contributed by atoms with Gasteiger partial charge in [0.15, 0.2) is 5.25 Å². The van der Waals surface area contributed by atoms with E-state index in [9.17, 15) is 14.4 Å². The minimum Gasteiger partial charge on any atom is -0.341 e. The zero-order valence-corrected chi connectivity index (χ0v) is 17.8. The van der Waals surface area contributed by atoms with Gasteiger partial charge in [0.25, 0.3) is 5.91 Å². The van der Waals surface area contributed by atoms with Crippen molar-refractivity contribution in [3.63, 3.8) is 0 Å². The first kappa shape index (κ1) is 20.5. The number of rotatable bonds is 5. The van der Waals surface area contributed by atoms with Crippen molar-refractivity contribution in [2.75, 3.05) is 29.9 Å². The number of hydrogen-bond acceptors (Lipinski definition) is 4. The highest BCUT2D eigenvalue weighted by Gasteiger charge is 2.41. The summed E-state index contributed by atoms with van der Waals surface area (Å²) in [6, 6.07) is 15.1. The van der Waals surface area contributed by atoms with Gasteiger partial charge in [-0.25, -0.2) is 0 Å². The number of thioether (sulfide) groups is 1. The van der Waals surface area contributed by atoms with Gasteiger partial charge in [-0.15, -0.1) is 11.8 Å². The van der Waals surface area contributed by atoms with E-state index in [2.05, 4.69) is 12.2 Å². The molecule has 3 amide bonds. The van der Waals surface area contributed by atoms with Crippen LogP contribution < -0.4 is 10.2 Å². The lowest BCUT2D eigenvalue weighted by Crippen LogP contribution is -2.51. The van der Waals surface area contributed by atoms with Crippen LogP contribution in [0, 0.1) is 0 Å². The van der Waals surface area contributed by atoms with E-state index in [-0.39, 0.29) is 24.3 Å². The predicted octanol–water partition coefficient (Wildman–Crippen LogP) is 3.32. The molecule has 7 heteroatoms. The summed E-state index contributed by atoms with van der Waals surface area (Å²) < 4.78 is 0. The quantitative estimate of drug-likeness (QED) is 0.749. The molecule has 0 aromatic heterocycles. The molecule has 0 aliphatic carbocycles. The van der Waals surface area contributed by atoms with Crippen molar-refractivity contribution in [2.24, 2.45) is 0 Å². The average Bonchev–Trinajstić information content (AvgIpc) is 3.30. The monoisotopic (exact) mass is 423 g/mol. The van der Waals surface area contributed by atoms with Crippen molar-refractivity contribution in [2.45, 2.75) is 36.3 Å². The van der Waals surface area contributed by atoms with E-state index in [0.717, 1.165) is 29.7 Å². The fourth-order valence-corrected chi connectivity index (χ4v) is 5.04. The summed E-state index contributed by atoms with van der Waals surface area (Å²) in [6.45, 7) is 3.31. The standard InChI is InChI=1S/C23H25N3O3S/c1-2-16-8-7-9-17(14-16)24-20(27)15-26-18-10-3-4-11-19(18)30-21(23(26)29)22(28)25-12-5-6-13-25/h3-4,7-11,14,21H,2,5-6,12-13,15H2,1H3,(H,24,27)/t21-/m1/s1. The zero-order chi connectivity index (χ0) is 21.1. The summed E-state index contributed by atoms with van der Waals surface area (Å²) in [6.07, 6.45) is 2.81. The van der Waals surface area contributed by atoms with Crippen LogP contribution >= 0.6 is 11.8 Å². The number of carbonyl (C=O) groups is 3. The molecule has 1 atom stereocenters. The Morgan fingerprint density at radius 3 is 2.63 bits per heavy atom. The molecule has 0 saturated carbocycles. The molecule has 1 N–H and O–H groups in total. The first-order chi connectivity index (χ1) is 14.6. The van der Waals surface area contributed by atoms with Crippen LogP contribution in [0.3, 0.4) is 0 Å². The number of carbonyl (C=O) groups excluding carboxylic acids is 3. The maximum Gasteiger partial charge on any atom is 0.250 e. The van der Waals surface area contributed by atoms with Gasteiger partial charge < -0.3 is 15.1 Å². The van der Waals surface area contributed by atoms with E-state index in [1.165, 1.54) is 16.7 Å². The molecule has 2 aliphatic rings. The minimum absolute atomic E-state index is 0.128. The van der Waals surface area contributed by atoms with E-state index in [1.54, 1.807) is 4.90 Å². The molecule has 0 radical (unpaired) electrons. The highest BCUT2D eigenvalue weighted by molar-refractivity contribution is 8.01. The second kappa shape index (κ2) is 8.92. The number of fused-ring (bicyclic) bond motifs is 1. The molecule has 6 nitrogen and oxygen atoms in total. The van der Waals surface area contributed by atoms with Crippen LogP contribution in [0.2, 0.25) is 0 Å². The number of likely N-dealkylation sites (tertiary alicyclic amines) is 1. The number of amides is 3. The Hall–Kier alpha value is -2.80. The van der Waals surface area contributed by atoms with Crippen LogP contribution in [-0.4, -0.2) is 47.5 Å². The third-order valence-corrected chi connectivity index (χ3v) is 6.69. The Bertz CT molecular complexity index is 972. The summed E-state index contributed by atoms with van der Waals surface area (Å²) in [7, 11) is 0. The van der Waals surface area contributed by atoms with E-state index in [0.29, 0.717) is 24.5 Å². The van der Waals surface area contributed by atoms with Gasteiger partial charge in [0.2, 0.25) is 11.8 Å². The molecular formula is C23H25N3O3S. The van der Waals surface area contributed by atoms with Gasteiger partial charge in [-0.05, 0) is 49.1 Å². The van der Waals surface area contributed by atoms with Crippen molar-refractivity contribution >= 4 is 40.9 Å². The largest absolute Gasteiger partial charge is 0.341 e. The first-order valence-electron chi connectivity index (χ1n) is 10.3. The van der Waals surface area contributed by atoms with Gasteiger partial charge in [0, 0.05) is 23.7 Å². The molecule has 2 heterocycles. The van der Waals surface area contributed by atoms with Gasteiger partial charge >= 0.3 is 0 Å². The number of para-hydroxylation sites is 1. The van der Waals surface area contributed by atoms with E-state index < -0.39 is 5.25 Å². The highest BCUT2D eigenvalue weighted by Crippen LogP contribution is 2.40. The zero-order valence-electron chi connectivity index (χ0n) is 17.0. The van der Waals surface area contributed by atoms with E-state index >= 15 is 0 Å². The van der Waals surface area contributed by atoms with Crippen molar-refractivity contribution < 1.29 is 14.4 Å². The number of aryl methyl sites for hydroxylation is 1. The fourth-order valence-electron chi connectivity index (χ4n) is 3.85. The number of anilines is 2. The number of nitrogens with one attached hydrogen (secondary N) is 1. The van der Waals surface area contributed by atoms with E-state index in [1.807, 2.05) is 48.5 Å². The maximum atomic E-state index is 13.3. The molecular weight excluding hydrogens is 398 g/mol. The molecule has 1 saturated heterocycles. The van der Waals surface area contributed by atoms with Gasteiger partial charge in [-0.1, -0.05) is 31.2 Å². The topological polar surface area (TPSA) is 69.7 Å². The third kappa shape index (κ3) is 4.21. The SMILES string of the molecule is CCc1cccc(NC(=O)CN2C(=O)[C@@H](C(=O)N3CCCC3)Sc3ccccc32)c1. The Labute approximate surface area is 180 Å². The van der Waals surface area contributed by atoms with Crippen molar-refractivity contribution in [3.05, 3.63) is 54.1 Å². The summed E-state index contributed by atoms with van der Waals surface area (Å²) in [5.74, 6) is -0.767. The van der Waals surface area contributed by atoms with Crippen LogP contribution in [0.1, 0.15) is 25.3 Å². The Kier molecular flexibility index (Phi) is 6.08.